The van der Waals surface area contributed by atoms with Crippen LogP contribution in [0.3, 0.4) is 0 Å². The molecule has 0 saturated carbocycles. The number of rotatable bonds is 3. The zero-order valence-corrected chi connectivity index (χ0v) is 8.66. The van der Waals surface area contributed by atoms with E-state index in [-0.39, 0.29) is 0 Å². The summed E-state index contributed by atoms with van der Waals surface area (Å²) < 4.78 is 0. The van der Waals surface area contributed by atoms with E-state index in [9.17, 15) is 0 Å². The minimum Gasteiger partial charge on any atom is -0.348 e. The molecule has 0 aliphatic carbocycles. The van der Waals surface area contributed by atoms with Gasteiger partial charge in [0.15, 0.2) is 0 Å². The van der Waals surface area contributed by atoms with Crippen LogP contribution in [0.5, 0.6) is 0 Å². The Kier molecular flexibility index (Phi) is 3.06. The average molecular weight is 194 g/mol. The molecular weight excluding hydrogens is 176 g/mol. The number of hydrogen-bond donors (Lipinski definition) is 2. The number of aromatic amines is 1. The third-order valence-corrected chi connectivity index (χ3v) is 2.61. The van der Waals surface area contributed by atoms with Gasteiger partial charge in [-0.15, -0.1) is 0 Å². The molecule has 14 heavy (non-hydrogen) atoms. The van der Waals surface area contributed by atoms with E-state index in [0.717, 1.165) is 32.8 Å². The molecule has 0 bridgehead atoms. The Morgan fingerprint density at radius 1 is 1.43 bits per heavy atom. The largest absolute Gasteiger partial charge is 0.348 e. The van der Waals surface area contributed by atoms with Crippen molar-refractivity contribution in [3.8, 4) is 0 Å². The zero-order chi connectivity index (χ0) is 9.80. The first-order valence-corrected chi connectivity index (χ1v) is 5.14. The van der Waals surface area contributed by atoms with Crippen LogP contribution in [0.1, 0.15) is 0 Å². The van der Waals surface area contributed by atoms with Gasteiger partial charge in [-0.3, -0.25) is 4.90 Å². The first-order valence-electron chi connectivity index (χ1n) is 5.14. The smallest absolute Gasteiger partial charge is 0.106 e. The number of hydrogen-bond acceptors (Lipinski definition) is 3. The molecule has 1 saturated heterocycles. The summed E-state index contributed by atoms with van der Waals surface area (Å²) in [5.74, 6) is 1.18. The lowest BCUT2D eigenvalue weighted by atomic mass is 10.4. The Hall–Kier alpha value is -1.00. The predicted octanol–water partition coefficient (Wildman–Crippen LogP) is 0.314. The first-order chi connectivity index (χ1) is 6.86. The van der Waals surface area contributed by atoms with Crippen LogP contribution in [0.15, 0.2) is 18.3 Å². The van der Waals surface area contributed by atoms with Gasteiger partial charge in [0.05, 0.1) is 6.67 Å². The number of piperazine rings is 1. The van der Waals surface area contributed by atoms with Crippen molar-refractivity contribution < 1.29 is 0 Å². The van der Waals surface area contributed by atoms with Crippen molar-refractivity contribution in [3.05, 3.63) is 18.3 Å². The fraction of sp³-hybridized carbons (Fsp3) is 0.600. The Balaban J connectivity index is 1.84. The molecule has 1 aliphatic rings. The predicted molar refractivity (Wildman–Crippen MR) is 58.5 cm³/mol. The molecule has 0 atom stereocenters. The second-order valence-electron chi connectivity index (χ2n) is 3.76. The monoisotopic (exact) mass is 194 g/mol. The summed E-state index contributed by atoms with van der Waals surface area (Å²) in [6.07, 6.45) is 1.96. The normalized spacial score (nSPS) is 18.4. The van der Waals surface area contributed by atoms with Gasteiger partial charge in [0.1, 0.15) is 5.82 Å². The molecule has 0 radical (unpaired) electrons. The fourth-order valence-corrected chi connectivity index (χ4v) is 1.79. The first kappa shape index (κ1) is 9.55. The lowest BCUT2D eigenvalue weighted by Gasteiger charge is -2.31. The second kappa shape index (κ2) is 4.48. The van der Waals surface area contributed by atoms with E-state index < -0.39 is 0 Å². The van der Waals surface area contributed by atoms with E-state index in [2.05, 4.69) is 33.2 Å². The maximum absolute atomic E-state index is 3.35. The summed E-state index contributed by atoms with van der Waals surface area (Å²) in [5.41, 5.74) is 0. The number of anilines is 1. The van der Waals surface area contributed by atoms with Gasteiger partial charge in [0.2, 0.25) is 0 Å². The Labute approximate surface area is 84.9 Å². The zero-order valence-electron chi connectivity index (χ0n) is 8.66. The van der Waals surface area contributed by atoms with Crippen LogP contribution >= 0.6 is 0 Å². The lowest BCUT2D eigenvalue weighted by Crippen LogP contribution is -2.47. The van der Waals surface area contributed by atoms with E-state index in [0.29, 0.717) is 0 Å². The van der Waals surface area contributed by atoms with Crippen molar-refractivity contribution in [2.24, 2.45) is 0 Å². The number of nitrogens with zero attached hydrogens (tertiary/aromatic N) is 2. The third kappa shape index (κ3) is 2.27. The molecule has 1 aromatic rings. The summed E-state index contributed by atoms with van der Waals surface area (Å²) in [7, 11) is 2.12. The van der Waals surface area contributed by atoms with Gasteiger partial charge in [-0.25, -0.2) is 0 Å². The van der Waals surface area contributed by atoms with Gasteiger partial charge >= 0.3 is 0 Å². The van der Waals surface area contributed by atoms with Crippen LogP contribution < -0.4 is 10.2 Å². The Morgan fingerprint density at radius 2 is 2.21 bits per heavy atom. The Bertz CT molecular complexity index is 251. The Morgan fingerprint density at radius 3 is 2.86 bits per heavy atom. The highest BCUT2D eigenvalue weighted by atomic mass is 15.3. The molecule has 0 aromatic carbocycles. The molecule has 2 heterocycles. The van der Waals surface area contributed by atoms with Crippen LogP contribution in [-0.4, -0.2) is 49.8 Å². The average Bonchev–Trinajstić information content (AvgIpc) is 2.72. The van der Waals surface area contributed by atoms with Crippen LogP contribution in [0.25, 0.3) is 0 Å². The van der Waals surface area contributed by atoms with Crippen molar-refractivity contribution >= 4 is 5.82 Å². The SMILES string of the molecule is CN(CN1CCNCC1)c1ccc[nH]1. The molecule has 1 aliphatic heterocycles. The third-order valence-electron chi connectivity index (χ3n) is 2.61. The van der Waals surface area contributed by atoms with Crippen molar-refractivity contribution in [1.82, 2.24) is 15.2 Å². The number of aromatic nitrogens is 1. The highest BCUT2D eigenvalue weighted by Gasteiger charge is 2.11. The van der Waals surface area contributed by atoms with Gasteiger partial charge in [0, 0.05) is 39.4 Å². The summed E-state index contributed by atoms with van der Waals surface area (Å²) in [5, 5.41) is 3.35. The summed E-state index contributed by atoms with van der Waals surface area (Å²) in [4.78, 5) is 7.91. The highest BCUT2D eigenvalue weighted by molar-refractivity contribution is 5.36. The molecule has 4 heteroatoms. The van der Waals surface area contributed by atoms with Gasteiger partial charge in [-0.1, -0.05) is 0 Å². The van der Waals surface area contributed by atoms with E-state index in [1.54, 1.807) is 0 Å². The van der Waals surface area contributed by atoms with Crippen molar-refractivity contribution in [3.63, 3.8) is 0 Å². The van der Waals surface area contributed by atoms with Crippen LogP contribution in [0.2, 0.25) is 0 Å². The van der Waals surface area contributed by atoms with Crippen molar-refractivity contribution in [1.29, 1.82) is 0 Å². The number of nitrogens with one attached hydrogen (secondary N) is 2. The fourth-order valence-electron chi connectivity index (χ4n) is 1.79. The standard InChI is InChI=1S/C10H18N4/c1-13(10-3-2-4-12-10)9-14-7-5-11-6-8-14/h2-4,11-12H,5-9H2,1H3. The van der Waals surface area contributed by atoms with Gasteiger partial charge in [0.25, 0.3) is 0 Å². The summed E-state index contributed by atoms with van der Waals surface area (Å²) in [6.45, 7) is 5.51. The molecule has 1 fully saturated rings. The molecule has 0 spiro atoms. The van der Waals surface area contributed by atoms with E-state index in [1.165, 1.54) is 5.82 Å². The minimum absolute atomic E-state index is 1.00. The van der Waals surface area contributed by atoms with Gasteiger partial charge in [-0.2, -0.15) is 0 Å². The molecular formula is C10H18N4. The maximum Gasteiger partial charge on any atom is 0.106 e. The highest BCUT2D eigenvalue weighted by Crippen LogP contribution is 2.08. The van der Waals surface area contributed by atoms with E-state index in [4.69, 9.17) is 0 Å². The van der Waals surface area contributed by atoms with Crippen LogP contribution in [-0.2, 0) is 0 Å². The summed E-state index contributed by atoms with van der Waals surface area (Å²) in [6, 6.07) is 4.13. The molecule has 78 valence electrons. The van der Waals surface area contributed by atoms with Gasteiger partial charge < -0.3 is 15.2 Å². The van der Waals surface area contributed by atoms with Crippen LogP contribution in [0, 0.1) is 0 Å². The molecule has 0 unspecified atom stereocenters. The topological polar surface area (TPSA) is 34.3 Å². The van der Waals surface area contributed by atoms with E-state index >= 15 is 0 Å². The molecule has 1 aromatic heterocycles. The molecule has 0 amide bonds. The molecule has 2 N–H and O–H groups in total. The quantitative estimate of drug-likeness (QED) is 0.727. The second-order valence-corrected chi connectivity index (χ2v) is 3.76. The molecule has 4 nitrogen and oxygen atoms in total. The van der Waals surface area contributed by atoms with Crippen LogP contribution in [0.4, 0.5) is 5.82 Å². The lowest BCUT2D eigenvalue weighted by molar-refractivity contribution is 0.243. The summed E-state index contributed by atoms with van der Waals surface area (Å²) >= 11 is 0. The molecule has 2 rings (SSSR count). The van der Waals surface area contributed by atoms with Gasteiger partial charge in [-0.05, 0) is 12.1 Å². The van der Waals surface area contributed by atoms with Crippen molar-refractivity contribution in [2.75, 3.05) is 44.8 Å². The minimum atomic E-state index is 1.00. The van der Waals surface area contributed by atoms with Crippen molar-refractivity contribution in [2.45, 2.75) is 0 Å². The maximum atomic E-state index is 3.35. The van der Waals surface area contributed by atoms with E-state index in [1.807, 2.05) is 12.3 Å². The number of H-pyrrole nitrogens is 1.